The van der Waals surface area contributed by atoms with Gasteiger partial charge in [-0.3, -0.25) is 10.1 Å². The fraction of sp³-hybridized carbons (Fsp3) is 0.167. The van der Waals surface area contributed by atoms with Crippen LogP contribution in [0.1, 0.15) is 10.6 Å². The second-order valence-corrected chi connectivity index (χ2v) is 4.99. The number of carbonyl (C=O) groups excluding carboxylic acids is 1. The van der Waals surface area contributed by atoms with Crippen molar-refractivity contribution in [3.05, 3.63) is 46.5 Å². The molecule has 1 atom stereocenters. The molecule has 1 aliphatic heterocycles. The van der Waals surface area contributed by atoms with E-state index in [-0.39, 0.29) is 11.9 Å². The number of rotatable bonds is 3. The maximum Gasteiger partial charge on any atom is 0.260 e. The minimum atomic E-state index is -0.990. The number of nitrogens with zero attached hydrogens (tertiary/aromatic N) is 1. The highest BCUT2D eigenvalue weighted by molar-refractivity contribution is 7.10. The predicted octanol–water partition coefficient (Wildman–Crippen LogP) is 1.22. The highest BCUT2D eigenvalue weighted by Gasteiger charge is 2.46. The van der Waals surface area contributed by atoms with Gasteiger partial charge in [0.1, 0.15) is 5.76 Å². The first-order valence-electron chi connectivity index (χ1n) is 5.44. The molecule has 2 aromatic rings. The predicted molar refractivity (Wildman–Crippen MR) is 68.2 cm³/mol. The summed E-state index contributed by atoms with van der Waals surface area (Å²) in [6.07, 6.45) is 1.95. The van der Waals surface area contributed by atoms with Gasteiger partial charge in [0, 0.05) is 11.3 Å². The summed E-state index contributed by atoms with van der Waals surface area (Å²) in [7, 11) is 0. The Morgan fingerprint density at radius 2 is 2.33 bits per heavy atom. The monoisotopic (exact) mass is 261 g/mol. The number of nitrogens with two attached hydrogens (primary N) is 1. The lowest BCUT2D eigenvalue weighted by atomic mass is 9.92. The fourth-order valence-electron chi connectivity index (χ4n) is 2.06. The number of carbonyl (C=O) groups is 1. The summed E-state index contributed by atoms with van der Waals surface area (Å²) >= 11 is 1.48. The van der Waals surface area contributed by atoms with E-state index in [0.717, 1.165) is 4.88 Å². The number of hydrogen-bond donors (Lipinski definition) is 2. The normalized spacial score (nSPS) is 22.9. The highest BCUT2D eigenvalue weighted by atomic mass is 32.1. The molecule has 1 amide bonds. The van der Waals surface area contributed by atoms with Crippen molar-refractivity contribution in [1.82, 2.24) is 5.32 Å². The summed E-state index contributed by atoms with van der Waals surface area (Å²) in [6.45, 7) is 0. The Labute approximate surface area is 107 Å². The van der Waals surface area contributed by atoms with Crippen LogP contribution in [0.4, 0.5) is 0 Å². The summed E-state index contributed by atoms with van der Waals surface area (Å²) in [5.74, 6) is 0.649. The first-order valence-corrected chi connectivity index (χ1v) is 6.32. The molecular formula is C12H11N3O2S. The van der Waals surface area contributed by atoms with Crippen molar-refractivity contribution in [3.63, 3.8) is 0 Å². The third-order valence-corrected chi connectivity index (χ3v) is 3.89. The van der Waals surface area contributed by atoms with Crippen molar-refractivity contribution in [3.8, 4) is 0 Å². The third kappa shape index (κ3) is 1.62. The van der Waals surface area contributed by atoms with E-state index in [1.54, 1.807) is 12.3 Å². The van der Waals surface area contributed by atoms with Gasteiger partial charge in [-0.2, -0.15) is 0 Å². The van der Waals surface area contributed by atoms with Crippen molar-refractivity contribution in [1.29, 1.82) is 0 Å². The average molecular weight is 261 g/mol. The van der Waals surface area contributed by atoms with Gasteiger partial charge in [0.2, 0.25) is 0 Å². The molecule has 0 radical (unpaired) electrons. The van der Waals surface area contributed by atoms with Crippen molar-refractivity contribution in [2.45, 2.75) is 12.0 Å². The van der Waals surface area contributed by atoms with E-state index >= 15 is 0 Å². The SMILES string of the molecule is NC1=NC(Cc2ccco2)(c2cccs2)C(=O)N1. The maximum absolute atomic E-state index is 12.2. The molecule has 0 bridgehead atoms. The molecule has 92 valence electrons. The highest BCUT2D eigenvalue weighted by Crippen LogP contribution is 2.36. The number of aliphatic imine (C=N–C) groups is 1. The molecule has 3 N–H and O–H groups in total. The van der Waals surface area contributed by atoms with E-state index in [1.165, 1.54) is 11.3 Å². The molecule has 3 heterocycles. The Morgan fingerprint density at radius 1 is 1.44 bits per heavy atom. The van der Waals surface area contributed by atoms with Crippen LogP contribution in [-0.4, -0.2) is 11.9 Å². The van der Waals surface area contributed by atoms with Crippen LogP contribution < -0.4 is 11.1 Å². The van der Waals surface area contributed by atoms with Crippen LogP contribution in [0.25, 0.3) is 0 Å². The minimum Gasteiger partial charge on any atom is -0.469 e. The molecule has 5 nitrogen and oxygen atoms in total. The summed E-state index contributed by atoms with van der Waals surface area (Å²) in [6, 6.07) is 7.39. The zero-order valence-corrected chi connectivity index (χ0v) is 10.2. The Kier molecular flexibility index (Phi) is 2.45. The molecule has 0 spiro atoms. The smallest absolute Gasteiger partial charge is 0.260 e. The van der Waals surface area contributed by atoms with Crippen LogP contribution >= 0.6 is 11.3 Å². The van der Waals surface area contributed by atoms with E-state index in [9.17, 15) is 4.79 Å². The summed E-state index contributed by atoms with van der Waals surface area (Å²) in [5.41, 5.74) is 4.64. The van der Waals surface area contributed by atoms with Gasteiger partial charge in [-0.05, 0) is 23.6 Å². The molecule has 0 aromatic carbocycles. The molecule has 1 unspecified atom stereocenters. The minimum absolute atomic E-state index is 0.153. The molecule has 0 saturated heterocycles. The Bertz CT molecular complexity index is 589. The van der Waals surface area contributed by atoms with Gasteiger partial charge >= 0.3 is 0 Å². The zero-order chi connectivity index (χ0) is 12.6. The van der Waals surface area contributed by atoms with Gasteiger partial charge in [0.25, 0.3) is 5.91 Å². The van der Waals surface area contributed by atoms with Gasteiger partial charge < -0.3 is 10.2 Å². The standard InChI is InChI=1S/C12H11N3O2S/c13-11-14-10(16)12(15-11,9-4-2-6-18-9)7-8-3-1-5-17-8/h1-6H,7H2,(H3,13,14,15,16). The first kappa shape index (κ1) is 11.0. The first-order chi connectivity index (χ1) is 8.71. The molecule has 3 rings (SSSR count). The topological polar surface area (TPSA) is 80.6 Å². The van der Waals surface area contributed by atoms with Gasteiger partial charge in [0.05, 0.1) is 6.26 Å². The van der Waals surface area contributed by atoms with Gasteiger partial charge in [-0.15, -0.1) is 11.3 Å². The Balaban J connectivity index is 2.07. The van der Waals surface area contributed by atoms with E-state index < -0.39 is 5.54 Å². The zero-order valence-electron chi connectivity index (χ0n) is 9.42. The van der Waals surface area contributed by atoms with Crippen molar-refractivity contribution < 1.29 is 9.21 Å². The lowest BCUT2D eigenvalue weighted by Gasteiger charge is -2.20. The third-order valence-electron chi connectivity index (χ3n) is 2.87. The van der Waals surface area contributed by atoms with Crippen LogP contribution in [-0.2, 0) is 16.8 Å². The number of thiophene rings is 1. The number of guanidine groups is 1. The maximum atomic E-state index is 12.2. The van der Waals surface area contributed by atoms with Crippen LogP contribution in [0.3, 0.4) is 0 Å². The average Bonchev–Trinajstić information content (AvgIpc) is 3.03. The number of amides is 1. The largest absolute Gasteiger partial charge is 0.469 e. The number of furan rings is 1. The summed E-state index contributed by atoms with van der Waals surface area (Å²) < 4.78 is 5.32. The number of hydrogen-bond acceptors (Lipinski definition) is 5. The van der Waals surface area contributed by atoms with Gasteiger partial charge in [0.15, 0.2) is 11.5 Å². The van der Waals surface area contributed by atoms with Crippen molar-refractivity contribution in [2.75, 3.05) is 0 Å². The van der Waals surface area contributed by atoms with Crippen LogP contribution in [0, 0.1) is 0 Å². The number of nitrogens with one attached hydrogen (secondary N) is 1. The van der Waals surface area contributed by atoms with Gasteiger partial charge in [-0.25, -0.2) is 4.99 Å². The lowest BCUT2D eigenvalue weighted by Crippen LogP contribution is -2.39. The van der Waals surface area contributed by atoms with E-state index in [4.69, 9.17) is 10.2 Å². The fourth-order valence-corrected chi connectivity index (χ4v) is 2.92. The Hall–Kier alpha value is -2.08. The molecule has 2 aromatic heterocycles. The Morgan fingerprint density at radius 3 is 2.89 bits per heavy atom. The van der Waals surface area contributed by atoms with Gasteiger partial charge in [-0.1, -0.05) is 6.07 Å². The van der Waals surface area contributed by atoms with E-state index in [1.807, 2.05) is 23.6 Å². The molecule has 18 heavy (non-hydrogen) atoms. The molecule has 0 aliphatic carbocycles. The van der Waals surface area contributed by atoms with Crippen LogP contribution in [0.2, 0.25) is 0 Å². The molecule has 1 aliphatic rings. The van der Waals surface area contributed by atoms with Crippen LogP contribution in [0.5, 0.6) is 0 Å². The molecule has 6 heteroatoms. The van der Waals surface area contributed by atoms with E-state index in [2.05, 4.69) is 10.3 Å². The molecule has 0 fully saturated rings. The van der Waals surface area contributed by atoms with Crippen molar-refractivity contribution in [2.24, 2.45) is 10.7 Å². The summed E-state index contributed by atoms with van der Waals surface area (Å²) in [5, 5.41) is 4.48. The van der Waals surface area contributed by atoms with Crippen LogP contribution in [0.15, 0.2) is 45.3 Å². The lowest BCUT2D eigenvalue weighted by molar-refractivity contribution is -0.124. The van der Waals surface area contributed by atoms with Crippen molar-refractivity contribution >= 4 is 23.2 Å². The molecular weight excluding hydrogens is 250 g/mol. The second kappa shape index (κ2) is 3.99. The molecule has 0 saturated carbocycles. The summed E-state index contributed by atoms with van der Waals surface area (Å²) in [4.78, 5) is 17.4. The van der Waals surface area contributed by atoms with E-state index in [0.29, 0.717) is 12.2 Å². The quantitative estimate of drug-likeness (QED) is 0.871. The second-order valence-electron chi connectivity index (χ2n) is 4.04.